The minimum absolute atomic E-state index is 0.727. The quantitative estimate of drug-likeness (QED) is 0.257. The Morgan fingerprint density at radius 2 is 1.14 bits per heavy atom. The molecule has 0 N–H and O–H groups in total. The Labute approximate surface area is 145 Å². The van der Waals surface area contributed by atoms with E-state index in [1.54, 1.807) is 0 Å². The van der Waals surface area contributed by atoms with Gasteiger partial charge in [0, 0.05) is 13.1 Å². The largest absolute Gasteiger partial charge is 0.471 e. The summed E-state index contributed by atoms with van der Waals surface area (Å²) in [5, 5.41) is 0.727. The lowest BCUT2D eigenvalue weighted by molar-refractivity contribution is 0.231. The summed E-state index contributed by atoms with van der Waals surface area (Å²) in [6, 6.07) is 0. The fourth-order valence-corrected chi connectivity index (χ4v) is 2.74. The third-order valence-electron chi connectivity index (χ3n) is 4.04. The maximum absolute atomic E-state index is 5.80. The molecular weight excluding hydrogens is 290 g/mol. The van der Waals surface area contributed by atoms with Crippen molar-refractivity contribution in [1.82, 2.24) is 4.90 Å². The van der Waals surface area contributed by atoms with Gasteiger partial charge in [-0.1, -0.05) is 78.6 Å². The van der Waals surface area contributed by atoms with Crippen LogP contribution in [0, 0.1) is 0 Å². The Hall–Kier alpha value is -0.310. The van der Waals surface area contributed by atoms with Crippen LogP contribution in [-0.2, 0) is 4.74 Å². The van der Waals surface area contributed by atoms with Crippen LogP contribution in [-0.4, -0.2) is 29.8 Å². The Morgan fingerprint density at radius 1 is 0.682 bits per heavy atom. The number of rotatable bonds is 15. The van der Waals surface area contributed by atoms with Crippen molar-refractivity contribution in [2.45, 2.75) is 97.8 Å². The highest BCUT2D eigenvalue weighted by atomic mass is 32.1. The van der Waals surface area contributed by atoms with Crippen molar-refractivity contribution in [2.24, 2.45) is 0 Å². The molecule has 0 radical (unpaired) electrons. The summed E-state index contributed by atoms with van der Waals surface area (Å²) in [4.78, 5) is 2.26. The lowest BCUT2D eigenvalue weighted by atomic mass is 10.1. The molecule has 0 bridgehead atoms. The van der Waals surface area contributed by atoms with E-state index in [0.29, 0.717) is 0 Å². The topological polar surface area (TPSA) is 12.5 Å². The number of unbranched alkanes of at least 4 members (excludes halogenated alkanes) is 9. The summed E-state index contributed by atoms with van der Waals surface area (Å²) in [6.45, 7) is 9.61. The SMILES string of the molecule is CCCCCCCCCCOC(=S)N(CCCC)CCCC. The van der Waals surface area contributed by atoms with Gasteiger partial charge in [-0.05, 0) is 31.5 Å². The van der Waals surface area contributed by atoms with Crippen LogP contribution in [0.15, 0.2) is 0 Å². The smallest absolute Gasteiger partial charge is 0.259 e. The monoisotopic (exact) mass is 329 g/mol. The predicted molar refractivity (Wildman–Crippen MR) is 103 cm³/mol. The first-order valence-electron chi connectivity index (χ1n) is 9.67. The third-order valence-corrected chi connectivity index (χ3v) is 4.42. The fourth-order valence-electron chi connectivity index (χ4n) is 2.48. The van der Waals surface area contributed by atoms with E-state index in [-0.39, 0.29) is 0 Å². The van der Waals surface area contributed by atoms with Crippen molar-refractivity contribution >= 4 is 17.4 Å². The van der Waals surface area contributed by atoms with Crippen molar-refractivity contribution in [3.63, 3.8) is 0 Å². The second kappa shape index (κ2) is 17.1. The van der Waals surface area contributed by atoms with Gasteiger partial charge in [0.1, 0.15) is 0 Å². The van der Waals surface area contributed by atoms with E-state index in [1.165, 1.54) is 70.6 Å². The molecule has 0 amide bonds. The third kappa shape index (κ3) is 13.4. The zero-order chi connectivity index (χ0) is 16.5. The molecule has 3 heteroatoms. The van der Waals surface area contributed by atoms with E-state index in [0.717, 1.165) is 31.3 Å². The van der Waals surface area contributed by atoms with Crippen molar-refractivity contribution in [3.8, 4) is 0 Å². The number of hydrogen-bond acceptors (Lipinski definition) is 2. The molecule has 0 saturated carbocycles. The first-order chi connectivity index (χ1) is 10.8. The minimum atomic E-state index is 0.727. The molecule has 0 fully saturated rings. The molecule has 0 aromatic carbocycles. The fraction of sp³-hybridized carbons (Fsp3) is 0.947. The van der Waals surface area contributed by atoms with E-state index in [9.17, 15) is 0 Å². The van der Waals surface area contributed by atoms with Crippen molar-refractivity contribution < 1.29 is 4.74 Å². The van der Waals surface area contributed by atoms with Crippen LogP contribution in [0.2, 0.25) is 0 Å². The molecule has 0 aliphatic carbocycles. The number of nitrogens with zero attached hydrogens (tertiary/aromatic N) is 1. The van der Waals surface area contributed by atoms with Crippen LogP contribution in [0.1, 0.15) is 97.8 Å². The zero-order valence-electron chi connectivity index (χ0n) is 15.4. The average Bonchev–Trinajstić information content (AvgIpc) is 2.53. The lowest BCUT2D eigenvalue weighted by Gasteiger charge is -2.24. The van der Waals surface area contributed by atoms with Crippen LogP contribution in [0.4, 0.5) is 0 Å². The molecule has 0 aliphatic rings. The highest BCUT2D eigenvalue weighted by Gasteiger charge is 2.09. The molecule has 2 nitrogen and oxygen atoms in total. The first-order valence-corrected chi connectivity index (χ1v) is 10.1. The van der Waals surface area contributed by atoms with Crippen LogP contribution >= 0.6 is 12.2 Å². The van der Waals surface area contributed by atoms with Crippen LogP contribution in [0.25, 0.3) is 0 Å². The molecule has 0 rings (SSSR count). The Balaban J connectivity index is 3.61. The van der Waals surface area contributed by atoms with Crippen LogP contribution < -0.4 is 0 Å². The predicted octanol–water partition coefficient (Wildman–Crippen LogP) is 6.33. The average molecular weight is 330 g/mol. The van der Waals surface area contributed by atoms with Gasteiger partial charge in [-0.15, -0.1) is 0 Å². The molecule has 0 aromatic heterocycles. The van der Waals surface area contributed by atoms with Gasteiger partial charge >= 0.3 is 0 Å². The van der Waals surface area contributed by atoms with Gasteiger partial charge < -0.3 is 9.64 Å². The molecule has 0 atom stereocenters. The maximum atomic E-state index is 5.80. The highest BCUT2D eigenvalue weighted by Crippen LogP contribution is 2.09. The second-order valence-electron chi connectivity index (χ2n) is 6.28. The standard InChI is InChI=1S/C19H39NOS/c1-4-7-10-11-12-13-14-15-18-21-19(22)20(16-8-5-2)17-9-6-3/h4-18H2,1-3H3. The number of ether oxygens (including phenoxy) is 1. The van der Waals surface area contributed by atoms with Gasteiger partial charge in [0.15, 0.2) is 0 Å². The van der Waals surface area contributed by atoms with Gasteiger partial charge in [-0.2, -0.15) is 0 Å². The molecule has 0 heterocycles. The molecular formula is C19H39NOS. The molecule has 0 aliphatic heterocycles. The molecule has 0 spiro atoms. The van der Waals surface area contributed by atoms with Gasteiger partial charge in [0.05, 0.1) is 6.61 Å². The van der Waals surface area contributed by atoms with Crippen LogP contribution in [0.3, 0.4) is 0 Å². The Morgan fingerprint density at radius 3 is 1.64 bits per heavy atom. The Kier molecular flexibility index (Phi) is 16.8. The highest BCUT2D eigenvalue weighted by molar-refractivity contribution is 7.80. The van der Waals surface area contributed by atoms with E-state index < -0.39 is 0 Å². The summed E-state index contributed by atoms with van der Waals surface area (Å²) in [5.74, 6) is 0. The second-order valence-corrected chi connectivity index (χ2v) is 6.63. The summed E-state index contributed by atoms with van der Waals surface area (Å²) in [7, 11) is 0. The normalized spacial score (nSPS) is 10.7. The number of hydrogen-bond donors (Lipinski definition) is 0. The van der Waals surface area contributed by atoms with Crippen LogP contribution in [0.5, 0.6) is 0 Å². The lowest BCUT2D eigenvalue weighted by Crippen LogP contribution is -2.33. The minimum Gasteiger partial charge on any atom is -0.471 e. The number of thiocarbonyl (C=S) groups is 1. The van der Waals surface area contributed by atoms with Crippen molar-refractivity contribution in [1.29, 1.82) is 0 Å². The summed E-state index contributed by atoms with van der Waals surface area (Å²) < 4.78 is 5.80. The molecule has 0 aromatic rings. The van der Waals surface area contributed by atoms with Crippen molar-refractivity contribution in [2.75, 3.05) is 19.7 Å². The van der Waals surface area contributed by atoms with Gasteiger partial charge in [-0.3, -0.25) is 0 Å². The van der Waals surface area contributed by atoms with E-state index >= 15 is 0 Å². The van der Waals surface area contributed by atoms with Gasteiger partial charge in [0.25, 0.3) is 5.17 Å². The van der Waals surface area contributed by atoms with Gasteiger partial charge in [-0.25, -0.2) is 0 Å². The Bertz CT molecular complexity index is 238. The molecule has 0 unspecified atom stereocenters. The van der Waals surface area contributed by atoms with E-state index in [2.05, 4.69) is 25.7 Å². The van der Waals surface area contributed by atoms with Gasteiger partial charge in [0.2, 0.25) is 0 Å². The first kappa shape index (κ1) is 21.7. The summed E-state index contributed by atoms with van der Waals surface area (Å²) in [5.41, 5.74) is 0. The molecule has 132 valence electrons. The van der Waals surface area contributed by atoms with E-state index in [4.69, 9.17) is 17.0 Å². The van der Waals surface area contributed by atoms with E-state index in [1.807, 2.05) is 0 Å². The summed E-state index contributed by atoms with van der Waals surface area (Å²) in [6.07, 6.45) is 15.5. The zero-order valence-corrected chi connectivity index (χ0v) is 16.2. The molecule has 22 heavy (non-hydrogen) atoms. The summed E-state index contributed by atoms with van der Waals surface area (Å²) >= 11 is 5.45. The molecule has 0 saturated heterocycles. The van der Waals surface area contributed by atoms with Crippen molar-refractivity contribution in [3.05, 3.63) is 0 Å². The maximum Gasteiger partial charge on any atom is 0.259 e.